The predicted molar refractivity (Wildman–Crippen MR) is 60.4 cm³/mol. The van der Waals surface area contributed by atoms with E-state index in [9.17, 15) is 0 Å². The summed E-state index contributed by atoms with van der Waals surface area (Å²) in [6, 6.07) is 6.15. The molecule has 0 aromatic heterocycles. The van der Waals surface area contributed by atoms with Crippen LogP contribution in [0.5, 0.6) is 0 Å². The highest BCUT2D eigenvalue weighted by molar-refractivity contribution is 5.66. The van der Waals surface area contributed by atoms with Gasteiger partial charge in [0.1, 0.15) is 0 Å². The van der Waals surface area contributed by atoms with Gasteiger partial charge in [-0.2, -0.15) is 0 Å². The normalized spacial score (nSPS) is 10.1. The molecule has 0 aliphatic rings. The average molecular weight is 171 g/mol. The molecule has 0 N–H and O–H groups in total. The molecule has 0 aliphatic carbocycles. The zero-order valence-electron chi connectivity index (χ0n) is 8.09. The Labute approximate surface area is 80.6 Å². The van der Waals surface area contributed by atoms with E-state index in [2.05, 4.69) is 33.1 Å². The van der Waals surface area contributed by atoms with Crippen molar-refractivity contribution in [2.45, 2.75) is 12.8 Å². The Morgan fingerprint density at radius 3 is 2.38 bits per heavy atom. The lowest BCUT2D eigenvalue weighted by molar-refractivity contribution is 0.960. The Balaban J connectivity index is 3.35. The first-order valence-corrected chi connectivity index (χ1v) is 4.41. The summed E-state index contributed by atoms with van der Waals surface area (Å²) in [5.41, 5.74) is 3.51. The molecule has 0 bridgehead atoms. The summed E-state index contributed by atoms with van der Waals surface area (Å²) in [6.07, 6.45) is 3.72. The van der Waals surface area contributed by atoms with Gasteiger partial charge in [0.2, 0.25) is 0 Å². The molecule has 0 nitrogen and oxygen atoms in total. The molecule has 1 aromatic carbocycles. The molecule has 1 aromatic rings. The van der Waals surface area contributed by atoms with E-state index in [1.165, 1.54) is 5.56 Å². The fraction of sp³-hybridized carbons (Fsp3) is 0.154. The maximum atomic E-state index is 4.01. The van der Waals surface area contributed by atoms with Crippen LogP contribution in [0.1, 0.15) is 29.5 Å². The van der Waals surface area contributed by atoms with Crippen LogP contribution in [-0.4, -0.2) is 0 Å². The molecule has 0 heterocycles. The van der Waals surface area contributed by atoms with E-state index in [-0.39, 0.29) is 5.92 Å². The first-order valence-electron chi connectivity index (χ1n) is 4.41. The van der Waals surface area contributed by atoms with Gasteiger partial charge in [-0.25, -0.2) is 0 Å². The molecule has 1 atom stereocenters. The quantitative estimate of drug-likeness (QED) is 0.646. The Hall–Kier alpha value is -1.30. The molecule has 0 spiro atoms. The van der Waals surface area contributed by atoms with Crippen molar-refractivity contribution in [3.63, 3.8) is 0 Å². The minimum Gasteiger partial charge on any atom is -0.0984 e. The molecule has 0 saturated heterocycles. The molecule has 0 aliphatic heterocycles. The van der Waals surface area contributed by atoms with E-state index < -0.39 is 0 Å². The van der Waals surface area contributed by atoms with E-state index in [4.69, 9.17) is 0 Å². The van der Waals surface area contributed by atoms with Crippen molar-refractivity contribution in [3.8, 4) is 0 Å². The van der Waals surface area contributed by atoms with Crippen LogP contribution in [0.4, 0.5) is 0 Å². The summed E-state index contributed by atoms with van der Waals surface area (Å²) in [5.74, 6) is 0.285. The van der Waals surface area contributed by atoms with Crippen LogP contribution < -0.4 is 0 Å². The van der Waals surface area contributed by atoms with Crippen LogP contribution in [0.15, 0.2) is 31.4 Å². The highest BCUT2D eigenvalue weighted by Crippen LogP contribution is 2.23. The van der Waals surface area contributed by atoms with E-state index in [1.807, 2.05) is 24.3 Å². The van der Waals surface area contributed by atoms with Gasteiger partial charge >= 0.3 is 0 Å². The summed E-state index contributed by atoms with van der Waals surface area (Å²) in [6.45, 7) is 13.7. The second-order valence-corrected chi connectivity index (χ2v) is 3.16. The summed E-state index contributed by atoms with van der Waals surface area (Å²) in [7, 11) is 0. The molecular formula is C13H15. The van der Waals surface area contributed by atoms with Crippen LogP contribution in [-0.2, 0) is 0 Å². The second-order valence-electron chi connectivity index (χ2n) is 3.16. The minimum atomic E-state index is 0.285. The summed E-state index contributed by atoms with van der Waals surface area (Å²) >= 11 is 0. The highest BCUT2D eigenvalue weighted by Gasteiger charge is 2.05. The molecule has 1 rings (SSSR count). The van der Waals surface area contributed by atoms with Crippen LogP contribution >= 0.6 is 0 Å². The van der Waals surface area contributed by atoms with Gasteiger partial charge in [0, 0.05) is 0 Å². The Bertz CT molecular complexity index is 319. The van der Waals surface area contributed by atoms with E-state index in [0.717, 1.165) is 11.1 Å². The molecule has 13 heavy (non-hydrogen) atoms. The fourth-order valence-corrected chi connectivity index (χ4v) is 1.45. The minimum absolute atomic E-state index is 0.285. The summed E-state index contributed by atoms with van der Waals surface area (Å²) in [4.78, 5) is 0. The standard InChI is InChI=1S/C13H15/c1-5-11-8-7-9-13(10(3)4)12(11)6-2/h5-10H,1-3H2,4H3. The van der Waals surface area contributed by atoms with E-state index in [0.29, 0.717) is 0 Å². The molecule has 0 amide bonds. The van der Waals surface area contributed by atoms with Gasteiger partial charge in [-0.3, -0.25) is 0 Å². The van der Waals surface area contributed by atoms with Gasteiger partial charge in [-0.1, -0.05) is 50.4 Å². The van der Waals surface area contributed by atoms with Crippen molar-refractivity contribution in [2.75, 3.05) is 0 Å². The zero-order chi connectivity index (χ0) is 9.84. The van der Waals surface area contributed by atoms with Crippen molar-refractivity contribution >= 4 is 12.2 Å². The number of rotatable bonds is 3. The zero-order valence-corrected chi connectivity index (χ0v) is 8.09. The molecule has 0 fully saturated rings. The lowest BCUT2D eigenvalue weighted by atomic mass is 9.93. The summed E-state index contributed by atoms with van der Waals surface area (Å²) < 4.78 is 0. The van der Waals surface area contributed by atoms with Crippen molar-refractivity contribution in [1.29, 1.82) is 0 Å². The van der Waals surface area contributed by atoms with Crippen molar-refractivity contribution in [1.82, 2.24) is 0 Å². The van der Waals surface area contributed by atoms with Crippen LogP contribution in [0, 0.1) is 6.92 Å². The van der Waals surface area contributed by atoms with Gasteiger partial charge in [-0.05, 0) is 29.5 Å². The van der Waals surface area contributed by atoms with E-state index in [1.54, 1.807) is 0 Å². The van der Waals surface area contributed by atoms with Crippen molar-refractivity contribution < 1.29 is 0 Å². The molecule has 0 saturated carbocycles. The van der Waals surface area contributed by atoms with Crippen molar-refractivity contribution in [3.05, 3.63) is 55.0 Å². The van der Waals surface area contributed by atoms with Gasteiger partial charge < -0.3 is 0 Å². The number of hydrogen-bond acceptors (Lipinski definition) is 0. The molecule has 0 heteroatoms. The van der Waals surface area contributed by atoms with Gasteiger partial charge in [0.15, 0.2) is 0 Å². The predicted octanol–water partition coefficient (Wildman–Crippen LogP) is 3.91. The van der Waals surface area contributed by atoms with Gasteiger partial charge in [0.25, 0.3) is 0 Å². The molecular weight excluding hydrogens is 156 g/mol. The largest absolute Gasteiger partial charge is 0.0984 e. The Morgan fingerprint density at radius 2 is 1.92 bits per heavy atom. The monoisotopic (exact) mass is 171 g/mol. The SMILES string of the molecule is [CH2]C(C)c1cccc(C=C)c1C=C. The maximum Gasteiger partial charge on any atom is -0.0155 e. The molecule has 1 unspecified atom stereocenters. The first-order chi connectivity index (χ1) is 6.20. The molecule has 1 radical (unpaired) electrons. The third-order valence-electron chi connectivity index (χ3n) is 2.13. The van der Waals surface area contributed by atoms with Crippen molar-refractivity contribution in [2.24, 2.45) is 0 Å². The Kier molecular flexibility index (Phi) is 3.07. The third kappa shape index (κ3) is 1.89. The smallest absolute Gasteiger partial charge is 0.0155 e. The number of hydrogen-bond donors (Lipinski definition) is 0. The Morgan fingerprint density at radius 1 is 1.23 bits per heavy atom. The van der Waals surface area contributed by atoms with Gasteiger partial charge in [-0.15, -0.1) is 0 Å². The van der Waals surface area contributed by atoms with Crippen LogP contribution in [0.25, 0.3) is 12.2 Å². The lowest BCUT2D eigenvalue weighted by Gasteiger charge is -2.11. The van der Waals surface area contributed by atoms with Crippen LogP contribution in [0.3, 0.4) is 0 Å². The van der Waals surface area contributed by atoms with E-state index >= 15 is 0 Å². The molecule has 67 valence electrons. The second kappa shape index (κ2) is 4.08. The van der Waals surface area contributed by atoms with Gasteiger partial charge in [0.05, 0.1) is 0 Å². The summed E-state index contributed by atoms with van der Waals surface area (Å²) in [5, 5.41) is 0. The topological polar surface area (TPSA) is 0 Å². The lowest BCUT2D eigenvalue weighted by Crippen LogP contribution is -1.93. The third-order valence-corrected chi connectivity index (χ3v) is 2.13. The number of benzene rings is 1. The highest BCUT2D eigenvalue weighted by atomic mass is 14.1. The average Bonchev–Trinajstić information content (AvgIpc) is 2.16. The van der Waals surface area contributed by atoms with Crippen LogP contribution in [0.2, 0.25) is 0 Å². The maximum absolute atomic E-state index is 4.01. The first kappa shape index (κ1) is 9.79. The fourth-order valence-electron chi connectivity index (χ4n) is 1.45.